The van der Waals surface area contributed by atoms with Gasteiger partial charge in [0.05, 0.1) is 12.0 Å². The molecule has 3 heteroatoms. The predicted octanol–water partition coefficient (Wildman–Crippen LogP) is 2.22. The molecule has 1 aromatic carbocycles. The van der Waals surface area contributed by atoms with E-state index < -0.39 is 11.4 Å². The van der Waals surface area contributed by atoms with E-state index in [1.165, 1.54) is 0 Å². The maximum atomic E-state index is 11.1. The minimum Gasteiger partial charge on any atom is -0.481 e. The maximum Gasteiger partial charge on any atom is 0.309 e. The molecule has 16 heavy (non-hydrogen) atoms. The maximum absolute atomic E-state index is 11.1. The first-order valence-electron chi connectivity index (χ1n) is 5.44. The number of hydrogen-bond acceptors (Lipinski definition) is 2. The van der Waals surface area contributed by atoms with Gasteiger partial charge in [0.25, 0.3) is 0 Å². The second-order valence-electron chi connectivity index (χ2n) is 4.37. The summed E-state index contributed by atoms with van der Waals surface area (Å²) in [6, 6.07) is 7.41. The summed E-state index contributed by atoms with van der Waals surface area (Å²) in [7, 11) is 0. The average molecular weight is 222 g/mol. The number of aliphatic hydroxyl groups is 1. The van der Waals surface area contributed by atoms with Crippen LogP contribution in [0.15, 0.2) is 24.3 Å². The lowest BCUT2D eigenvalue weighted by Crippen LogP contribution is -2.29. The van der Waals surface area contributed by atoms with Crippen molar-refractivity contribution in [2.45, 2.75) is 33.3 Å². The lowest BCUT2D eigenvalue weighted by Gasteiger charge is -2.22. The molecule has 0 heterocycles. The SMILES string of the molecule is CCC(C)(Cc1ccc(CO)cc1)C(=O)O. The van der Waals surface area contributed by atoms with Crippen LogP contribution < -0.4 is 0 Å². The summed E-state index contributed by atoms with van der Waals surface area (Å²) in [4.78, 5) is 11.1. The van der Waals surface area contributed by atoms with Crippen molar-refractivity contribution in [2.24, 2.45) is 5.41 Å². The van der Waals surface area contributed by atoms with Gasteiger partial charge in [0.2, 0.25) is 0 Å². The Balaban J connectivity index is 2.82. The fourth-order valence-corrected chi connectivity index (χ4v) is 1.56. The van der Waals surface area contributed by atoms with Gasteiger partial charge < -0.3 is 10.2 Å². The molecule has 0 saturated carbocycles. The number of aliphatic carboxylic acids is 1. The number of carbonyl (C=O) groups is 1. The molecule has 0 saturated heterocycles. The van der Waals surface area contributed by atoms with E-state index >= 15 is 0 Å². The van der Waals surface area contributed by atoms with Gasteiger partial charge in [-0.2, -0.15) is 0 Å². The molecule has 0 aliphatic carbocycles. The van der Waals surface area contributed by atoms with E-state index in [4.69, 9.17) is 10.2 Å². The van der Waals surface area contributed by atoms with E-state index in [0.717, 1.165) is 11.1 Å². The Bertz CT molecular complexity index is 356. The van der Waals surface area contributed by atoms with Crippen LogP contribution in [0.2, 0.25) is 0 Å². The van der Waals surface area contributed by atoms with E-state index in [0.29, 0.717) is 12.8 Å². The van der Waals surface area contributed by atoms with Gasteiger partial charge in [0, 0.05) is 0 Å². The first kappa shape index (κ1) is 12.7. The van der Waals surface area contributed by atoms with Gasteiger partial charge in [0.15, 0.2) is 0 Å². The van der Waals surface area contributed by atoms with Crippen LogP contribution in [-0.4, -0.2) is 16.2 Å². The monoisotopic (exact) mass is 222 g/mol. The third-order valence-electron chi connectivity index (χ3n) is 3.10. The number of carboxylic acids is 1. The van der Waals surface area contributed by atoms with Gasteiger partial charge in [-0.3, -0.25) is 4.79 Å². The minimum atomic E-state index is -0.763. The molecule has 2 N–H and O–H groups in total. The highest BCUT2D eigenvalue weighted by molar-refractivity contribution is 5.74. The van der Waals surface area contributed by atoms with Crippen molar-refractivity contribution in [3.63, 3.8) is 0 Å². The zero-order chi connectivity index (χ0) is 12.2. The van der Waals surface area contributed by atoms with Gasteiger partial charge in [-0.1, -0.05) is 31.2 Å². The van der Waals surface area contributed by atoms with E-state index in [1.807, 2.05) is 31.2 Å². The zero-order valence-electron chi connectivity index (χ0n) is 9.73. The summed E-state index contributed by atoms with van der Waals surface area (Å²) in [5.41, 5.74) is 1.13. The van der Waals surface area contributed by atoms with Crippen LogP contribution in [0.25, 0.3) is 0 Å². The summed E-state index contributed by atoms with van der Waals surface area (Å²) in [6.07, 6.45) is 1.12. The molecule has 0 bridgehead atoms. The van der Waals surface area contributed by atoms with Crippen molar-refractivity contribution >= 4 is 5.97 Å². The molecule has 0 aliphatic rings. The fourth-order valence-electron chi connectivity index (χ4n) is 1.56. The number of carboxylic acid groups (broad SMARTS) is 1. The van der Waals surface area contributed by atoms with Crippen LogP contribution in [0.3, 0.4) is 0 Å². The molecule has 1 unspecified atom stereocenters. The lowest BCUT2D eigenvalue weighted by atomic mass is 9.81. The minimum absolute atomic E-state index is 0.0181. The standard InChI is InChI=1S/C13H18O3/c1-3-13(2,12(15)16)8-10-4-6-11(9-14)7-5-10/h4-7,14H,3,8-9H2,1-2H3,(H,15,16). The first-order valence-corrected chi connectivity index (χ1v) is 5.44. The van der Waals surface area contributed by atoms with Gasteiger partial charge in [0.1, 0.15) is 0 Å². The highest BCUT2D eigenvalue weighted by atomic mass is 16.4. The number of rotatable bonds is 5. The largest absolute Gasteiger partial charge is 0.481 e. The Morgan fingerprint density at radius 1 is 1.25 bits per heavy atom. The van der Waals surface area contributed by atoms with Crippen molar-refractivity contribution in [1.82, 2.24) is 0 Å². The van der Waals surface area contributed by atoms with Gasteiger partial charge in [-0.05, 0) is 30.9 Å². The zero-order valence-corrected chi connectivity index (χ0v) is 9.73. The molecule has 1 atom stereocenters. The molecule has 0 fully saturated rings. The smallest absolute Gasteiger partial charge is 0.309 e. The molecule has 1 aromatic rings. The molecule has 88 valence electrons. The Morgan fingerprint density at radius 2 is 1.75 bits per heavy atom. The second-order valence-corrected chi connectivity index (χ2v) is 4.37. The van der Waals surface area contributed by atoms with Crippen LogP contribution in [-0.2, 0) is 17.8 Å². The van der Waals surface area contributed by atoms with Crippen LogP contribution in [0.5, 0.6) is 0 Å². The Labute approximate surface area is 95.7 Å². The van der Waals surface area contributed by atoms with Gasteiger partial charge in [-0.15, -0.1) is 0 Å². The van der Waals surface area contributed by atoms with Gasteiger partial charge in [-0.25, -0.2) is 0 Å². The second kappa shape index (κ2) is 5.12. The van der Waals surface area contributed by atoms with E-state index in [2.05, 4.69) is 0 Å². The van der Waals surface area contributed by atoms with Crippen LogP contribution in [0.4, 0.5) is 0 Å². The first-order chi connectivity index (χ1) is 7.51. The van der Waals surface area contributed by atoms with Gasteiger partial charge >= 0.3 is 5.97 Å². The summed E-state index contributed by atoms with van der Waals surface area (Å²) in [5.74, 6) is -0.763. The topological polar surface area (TPSA) is 57.5 Å². The van der Waals surface area contributed by atoms with E-state index in [9.17, 15) is 4.79 Å². The molecule has 1 rings (SSSR count). The third-order valence-corrected chi connectivity index (χ3v) is 3.10. The summed E-state index contributed by atoms with van der Waals surface area (Å²) < 4.78 is 0. The van der Waals surface area contributed by atoms with Crippen LogP contribution in [0, 0.1) is 5.41 Å². The van der Waals surface area contributed by atoms with Crippen molar-refractivity contribution in [3.8, 4) is 0 Å². The normalized spacial score (nSPS) is 14.4. The van der Waals surface area contributed by atoms with Crippen molar-refractivity contribution in [2.75, 3.05) is 0 Å². The lowest BCUT2D eigenvalue weighted by molar-refractivity contribution is -0.148. The molecule has 3 nitrogen and oxygen atoms in total. The Morgan fingerprint density at radius 3 is 2.12 bits per heavy atom. The highest BCUT2D eigenvalue weighted by Crippen LogP contribution is 2.26. The molecule has 0 amide bonds. The van der Waals surface area contributed by atoms with Crippen LogP contribution >= 0.6 is 0 Å². The molecule has 0 spiro atoms. The highest BCUT2D eigenvalue weighted by Gasteiger charge is 2.30. The Kier molecular flexibility index (Phi) is 4.07. The molecular formula is C13H18O3. The molecular weight excluding hydrogens is 204 g/mol. The fraction of sp³-hybridized carbons (Fsp3) is 0.462. The quantitative estimate of drug-likeness (QED) is 0.803. The summed E-state index contributed by atoms with van der Waals surface area (Å²) >= 11 is 0. The third kappa shape index (κ3) is 2.83. The Hall–Kier alpha value is -1.35. The number of aliphatic hydroxyl groups excluding tert-OH is 1. The van der Waals surface area contributed by atoms with Crippen molar-refractivity contribution in [3.05, 3.63) is 35.4 Å². The van der Waals surface area contributed by atoms with Crippen molar-refractivity contribution in [1.29, 1.82) is 0 Å². The number of benzene rings is 1. The average Bonchev–Trinajstić information content (AvgIpc) is 2.29. The number of hydrogen-bond donors (Lipinski definition) is 2. The predicted molar refractivity (Wildman–Crippen MR) is 62.1 cm³/mol. The molecule has 0 aliphatic heterocycles. The summed E-state index contributed by atoms with van der Waals surface area (Å²) in [5, 5.41) is 18.1. The van der Waals surface area contributed by atoms with Crippen molar-refractivity contribution < 1.29 is 15.0 Å². The molecule has 0 aromatic heterocycles. The van der Waals surface area contributed by atoms with Crippen LogP contribution in [0.1, 0.15) is 31.4 Å². The summed E-state index contributed by atoms with van der Waals surface area (Å²) in [6.45, 7) is 3.66. The molecule has 0 radical (unpaired) electrons. The van der Waals surface area contributed by atoms with E-state index in [1.54, 1.807) is 6.92 Å². The van der Waals surface area contributed by atoms with E-state index in [-0.39, 0.29) is 6.61 Å².